The Morgan fingerprint density at radius 3 is 2.75 bits per heavy atom. The fraction of sp³-hybridized carbons (Fsp3) is 0.444. The number of benzene rings is 2. The first-order valence-corrected chi connectivity index (χ1v) is 14.6. The molecule has 2 saturated heterocycles. The quantitative estimate of drug-likeness (QED) is 0.444. The average molecular weight is 570 g/mol. The van der Waals surface area contributed by atoms with Crippen LogP contribution in [0.1, 0.15) is 37.8 Å². The molecule has 0 radical (unpaired) electrons. The molecule has 13 heteroatoms. The Kier molecular flexibility index (Phi) is 7.54. The first kappa shape index (κ1) is 28.0. The molecule has 0 aliphatic carbocycles. The van der Waals surface area contributed by atoms with E-state index >= 15 is 0 Å². The van der Waals surface area contributed by atoms with Crippen LogP contribution in [0.15, 0.2) is 41.5 Å². The van der Waals surface area contributed by atoms with Crippen LogP contribution in [0.4, 0.5) is 10.1 Å². The van der Waals surface area contributed by atoms with E-state index in [1.54, 1.807) is 23.9 Å². The molecule has 0 saturated carbocycles. The maximum absolute atomic E-state index is 14.9. The minimum Gasteiger partial charge on any atom is -0.453 e. The number of nitrogens with zero attached hydrogens (tertiary/aromatic N) is 5. The van der Waals surface area contributed by atoms with Gasteiger partial charge in [-0.2, -0.15) is 18.0 Å². The molecule has 2 aliphatic rings. The van der Waals surface area contributed by atoms with Gasteiger partial charge in [-0.15, -0.1) is 0 Å². The normalized spacial score (nSPS) is 19.2. The van der Waals surface area contributed by atoms with Gasteiger partial charge in [0.05, 0.1) is 29.0 Å². The molecule has 1 aromatic heterocycles. The third-order valence-corrected chi connectivity index (χ3v) is 9.68. The third-order valence-electron chi connectivity index (χ3n) is 8.13. The summed E-state index contributed by atoms with van der Waals surface area (Å²) >= 11 is 0. The predicted octanol–water partition coefficient (Wildman–Crippen LogP) is 2.81. The molecule has 0 bridgehead atoms. The highest BCUT2D eigenvalue weighted by Gasteiger charge is 2.44. The summed E-state index contributed by atoms with van der Waals surface area (Å²) in [7, 11) is -0.486. The fourth-order valence-electron chi connectivity index (χ4n) is 5.63. The van der Waals surface area contributed by atoms with Crippen LogP contribution in [0, 0.1) is 17.1 Å². The first-order chi connectivity index (χ1) is 19.1. The van der Waals surface area contributed by atoms with E-state index in [1.165, 1.54) is 25.2 Å². The second kappa shape index (κ2) is 10.8. The number of hydrogen-bond acceptors (Lipinski definition) is 8. The van der Waals surface area contributed by atoms with Crippen LogP contribution >= 0.6 is 0 Å². The zero-order chi connectivity index (χ0) is 28.7. The van der Waals surface area contributed by atoms with Crippen LogP contribution in [0.5, 0.6) is 11.5 Å². The molecule has 40 heavy (non-hydrogen) atoms. The number of hydrogen-bond donors (Lipinski definition) is 2. The van der Waals surface area contributed by atoms with E-state index in [2.05, 4.69) is 27.0 Å². The van der Waals surface area contributed by atoms with Gasteiger partial charge in [0.25, 0.3) is 5.56 Å². The molecule has 2 aliphatic heterocycles. The summed E-state index contributed by atoms with van der Waals surface area (Å²) < 4.78 is 50.7. The maximum atomic E-state index is 14.9. The van der Waals surface area contributed by atoms with Crippen molar-refractivity contribution in [1.29, 1.82) is 5.26 Å². The van der Waals surface area contributed by atoms with Crippen molar-refractivity contribution >= 4 is 26.8 Å². The number of anilines is 1. The zero-order valence-corrected chi connectivity index (χ0v) is 23.5. The number of nitriles is 1. The van der Waals surface area contributed by atoms with Gasteiger partial charge in [0.2, 0.25) is 0 Å². The number of likely N-dealkylation sites (N-methyl/N-ethyl adjacent to an activating group) is 1. The number of fused-ring (bicyclic) bond motifs is 1. The highest BCUT2D eigenvalue weighted by atomic mass is 32.2. The van der Waals surface area contributed by atoms with Gasteiger partial charge in [0.15, 0.2) is 11.6 Å². The SMILES string of the molecule is CCN(C)S(=O)(=O)Nc1ccc(F)c(Oc2ccc3ncn([C@H]4CN(C)C5(CCNCC5)C4)c(=O)c3c2)c1C#N. The highest BCUT2D eigenvalue weighted by Crippen LogP contribution is 2.40. The standard InChI is InChI=1S/C27H32FN7O4S/c1-4-34(3)40(37,38)32-24-8-6-22(28)25(21(24)15-29)39-19-5-7-23-20(13-19)26(36)35(17-31-23)18-14-27(33(2)16-18)9-11-30-12-10-27/h5-8,13,17-18,30,32H,4,9-12,14,16H2,1-3H3/t18-/m1/s1. The number of ether oxygens (including phenoxy) is 1. The summed E-state index contributed by atoms with van der Waals surface area (Å²) in [4.78, 5) is 20.5. The molecular formula is C27H32FN7O4S. The molecule has 212 valence electrons. The fourth-order valence-corrected chi connectivity index (χ4v) is 6.57. The van der Waals surface area contributed by atoms with Crippen LogP contribution in [-0.2, 0) is 10.2 Å². The van der Waals surface area contributed by atoms with E-state index < -0.39 is 21.8 Å². The van der Waals surface area contributed by atoms with Gasteiger partial charge >= 0.3 is 10.2 Å². The van der Waals surface area contributed by atoms with Crippen molar-refractivity contribution in [3.63, 3.8) is 0 Å². The molecular weight excluding hydrogens is 537 g/mol. The van der Waals surface area contributed by atoms with Gasteiger partial charge in [-0.25, -0.2) is 9.37 Å². The smallest absolute Gasteiger partial charge is 0.301 e. The largest absolute Gasteiger partial charge is 0.453 e. The van der Waals surface area contributed by atoms with Crippen molar-refractivity contribution in [3.8, 4) is 17.6 Å². The third kappa shape index (κ3) is 5.03. The van der Waals surface area contributed by atoms with Crippen LogP contribution in [-0.4, -0.2) is 73.0 Å². The van der Waals surface area contributed by atoms with E-state index in [0.717, 1.165) is 49.3 Å². The summed E-state index contributed by atoms with van der Waals surface area (Å²) in [6.07, 6.45) is 4.47. The Balaban J connectivity index is 1.48. The van der Waals surface area contributed by atoms with Gasteiger partial charge in [-0.05, 0) is 69.7 Å². The lowest BCUT2D eigenvalue weighted by Gasteiger charge is -2.39. The van der Waals surface area contributed by atoms with Gasteiger partial charge < -0.3 is 10.1 Å². The van der Waals surface area contributed by atoms with Crippen molar-refractivity contribution in [2.24, 2.45) is 0 Å². The number of likely N-dealkylation sites (tertiary alicyclic amines) is 1. The Morgan fingerprint density at radius 1 is 1.30 bits per heavy atom. The molecule has 2 fully saturated rings. The highest BCUT2D eigenvalue weighted by molar-refractivity contribution is 7.90. The maximum Gasteiger partial charge on any atom is 0.301 e. The van der Waals surface area contributed by atoms with E-state index in [1.807, 2.05) is 6.07 Å². The predicted molar refractivity (Wildman–Crippen MR) is 149 cm³/mol. The monoisotopic (exact) mass is 569 g/mol. The Morgan fingerprint density at radius 2 is 2.05 bits per heavy atom. The Labute approximate surface area is 232 Å². The number of rotatable bonds is 7. The van der Waals surface area contributed by atoms with Crippen molar-refractivity contribution in [2.45, 2.75) is 37.8 Å². The van der Waals surface area contributed by atoms with Crippen LogP contribution in [0.25, 0.3) is 10.9 Å². The zero-order valence-electron chi connectivity index (χ0n) is 22.6. The lowest BCUT2D eigenvalue weighted by molar-refractivity contribution is 0.128. The Hall–Kier alpha value is -3.57. The van der Waals surface area contributed by atoms with Crippen molar-refractivity contribution in [3.05, 3.63) is 58.4 Å². The molecule has 3 heterocycles. The van der Waals surface area contributed by atoms with Crippen molar-refractivity contribution in [2.75, 3.05) is 45.0 Å². The number of halogens is 1. The summed E-state index contributed by atoms with van der Waals surface area (Å²) in [5.41, 5.74) is -0.162. The number of nitrogens with one attached hydrogen (secondary N) is 2. The molecule has 0 amide bonds. The van der Waals surface area contributed by atoms with E-state index in [4.69, 9.17) is 4.74 Å². The van der Waals surface area contributed by atoms with Crippen LogP contribution in [0.3, 0.4) is 0 Å². The molecule has 5 rings (SSSR count). The van der Waals surface area contributed by atoms with E-state index in [9.17, 15) is 22.9 Å². The summed E-state index contributed by atoms with van der Waals surface area (Å²) in [6.45, 7) is 4.47. The minimum atomic E-state index is -3.97. The van der Waals surface area contributed by atoms with E-state index in [0.29, 0.717) is 10.9 Å². The Bertz CT molecular complexity index is 1650. The van der Waals surface area contributed by atoms with Crippen molar-refractivity contribution < 1.29 is 17.5 Å². The average Bonchev–Trinajstić information content (AvgIpc) is 3.25. The molecule has 1 spiro atoms. The molecule has 3 aromatic rings. The summed E-state index contributed by atoms with van der Waals surface area (Å²) in [5.74, 6) is -1.19. The minimum absolute atomic E-state index is 0.0364. The topological polar surface area (TPSA) is 133 Å². The lowest BCUT2D eigenvalue weighted by Crippen LogP contribution is -2.49. The second-order valence-corrected chi connectivity index (χ2v) is 12.2. The molecule has 2 N–H and O–H groups in total. The molecule has 11 nitrogen and oxygen atoms in total. The molecule has 1 atom stereocenters. The van der Waals surface area contributed by atoms with Gasteiger partial charge in [-0.3, -0.25) is 19.0 Å². The molecule has 0 unspecified atom stereocenters. The second-order valence-electron chi connectivity index (χ2n) is 10.4. The summed E-state index contributed by atoms with van der Waals surface area (Å²) in [5, 5.41) is 13.5. The first-order valence-electron chi connectivity index (χ1n) is 13.2. The van der Waals surface area contributed by atoms with Gasteiger partial charge in [-0.1, -0.05) is 6.92 Å². The molecule has 2 aromatic carbocycles. The van der Waals surface area contributed by atoms with Crippen LogP contribution in [0.2, 0.25) is 0 Å². The van der Waals surface area contributed by atoms with E-state index in [-0.39, 0.29) is 40.7 Å². The number of piperidine rings is 1. The van der Waals surface area contributed by atoms with Gasteiger partial charge in [0, 0.05) is 25.7 Å². The van der Waals surface area contributed by atoms with Gasteiger partial charge in [0.1, 0.15) is 17.4 Å². The lowest BCUT2D eigenvalue weighted by atomic mass is 9.85. The van der Waals surface area contributed by atoms with Crippen LogP contribution < -0.4 is 20.3 Å². The van der Waals surface area contributed by atoms with Crippen molar-refractivity contribution in [1.82, 2.24) is 24.1 Å². The number of aromatic nitrogens is 2. The summed E-state index contributed by atoms with van der Waals surface area (Å²) in [6, 6.07) is 8.57.